The van der Waals surface area contributed by atoms with Gasteiger partial charge in [-0.05, 0) is 51.6 Å². The lowest BCUT2D eigenvalue weighted by molar-refractivity contribution is -0.122. The maximum atomic E-state index is 11.8. The van der Waals surface area contributed by atoms with Crippen LogP contribution in [0.4, 0.5) is 0 Å². The van der Waals surface area contributed by atoms with Crippen LogP contribution in [0.15, 0.2) is 12.7 Å². The highest BCUT2D eigenvalue weighted by Crippen LogP contribution is 2.49. The van der Waals surface area contributed by atoms with Gasteiger partial charge in [-0.15, -0.1) is 6.58 Å². The van der Waals surface area contributed by atoms with Crippen molar-refractivity contribution in [3.8, 4) is 0 Å². The zero-order valence-electron chi connectivity index (χ0n) is 21.8. The predicted octanol–water partition coefficient (Wildman–Crippen LogP) is 6.51. The standard InChI is InChI=1S/C28H55N3O/c1-5-7-8-9-10-11-12-13-14-15-16-18-22-28(24-25(28)20-6-2)31-23-19-17-21-26(29-3)27(32)30-4/h6,25-26,29,31H,2,5,7-24H2,1,3-4H3,(H,30,32). The zero-order chi connectivity index (χ0) is 23.5. The smallest absolute Gasteiger partial charge is 0.236 e. The van der Waals surface area contributed by atoms with E-state index in [9.17, 15) is 4.79 Å². The van der Waals surface area contributed by atoms with Gasteiger partial charge in [0, 0.05) is 12.6 Å². The molecule has 1 fully saturated rings. The fraction of sp³-hybridized carbons (Fsp3) is 0.893. The zero-order valence-corrected chi connectivity index (χ0v) is 21.8. The Labute approximate surface area is 200 Å². The van der Waals surface area contributed by atoms with E-state index in [-0.39, 0.29) is 11.9 Å². The number of likely N-dealkylation sites (N-methyl/N-ethyl adjacent to an activating group) is 2. The molecule has 0 bridgehead atoms. The van der Waals surface area contributed by atoms with E-state index in [2.05, 4.69) is 35.5 Å². The number of allylic oxidation sites excluding steroid dienone is 1. The Morgan fingerprint density at radius 3 is 2.06 bits per heavy atom. The second-order valence-electron chi connectivity index (χ2n) is 10.1. The van der Waals surface area contributed by atoms with Crippen LogP contribution >= 0.6 is 0 Å². The van der Waals surface area contributed by atoms with Gasteiger partial charge in [0.15, 0.2) is 0 Å². The van der Waals surface area contributed by atoms with E-state index < -0.39 is 0 Å². The third-order valence-corrected chi connectivity index (χ3v) is 7.47. The summed E-state index contributed by atoms with van der Waals surface area (Å²) in [6.45, 7) is 7.32. The molecule has 0 spiro atoms. The van der Waals surface area contributed by atoms with Gasteiger partial charge in [-0.2, -0.15) is 0 Å². The molecule has 4 nitrogen and oxygen atoms in total. The number of rotatable bonds is 23. The maximum Gasteiger partial charge on any atom is 0.236 e. The molecule has 4 heteroatoms. The van der Waals surface area contributed by atoms with Crippen LogP contribution < -0.4 is 16.0 Å². The van der Waals surface area contributed by atoms with Crippen LogP contribution in [0.3, 0.4) is 0 Å². The normalized spacial score (nSPS) is 20.8. The third-order valence-electron chi connectivity index (χ3n) is 7.47. The van der Waals surface area contributed by atoms with Crippen LogP contribution in [0, 0.1) is 5.92 Å². The van der Waals surface area contributed by atoms with Crippen LogP contribution in [0.2, 0.25) is 0 Å². The van der Waals surface area contributed by atoms with Crippen molar-refractivity contribution in [3.05, 3.63) is 12.7 Å². The first-order chi connectivity index (χ1) is 15.6. The second-order valence-corrected chi connectivity index (χ2v) is 10.1. The highest BCUT2D eigenvalue weighted by atomic mass is 16.2. The molecule has 1 saturated carbocycles. The molecule has 1 aliphatic rings. The molecular formula is C28H55N3O. The molecule has 0 aromatic rings. The Balaban J connectivity index is 2.10. The van der Waals surface area contributed by atoms with E-state index in [1.165, 1.54) is 89.9 Å². The number of carbonyl (C=O) groups is 1. The average Bonchev–Trinajstić information content (AvgIpc) is 3.48. The number of nitrogens with one attached hydrogen (secondary N) is 3. The monoisotopic (exact) mass is 449 g/mol. The molecule has 3 atom stereocenters. The predicted molar refractivity (Wildman–Crippen MR) is 140 cm³/mol. The van der Waals surface area contributed by atoms with Crippen molar-refractivity contribution in [1.82, 2.24) is 16.0 Å². The minimum atomic E-state index is -0.0653. The fourth-order valence-electron chi connectivity index (χ4n) is 5.17. The molecule has 188 valence electrons. The molecule has 0 heterocycles. The van der Waals surface area contributed by atoms with E-state index >= 15 is 0 Å². The summed E-state index contributed by atoms with van der Waals surface area (Å²) in [5.74, 6) is 0.876. The summed E-state index contributed by atoms with van der Waals surface area (Å²) in [5, 5.41) is 9.77. The Morgan fingerprint density at radius 1 is 0.938 bits per heavy atom. The Bertz CT molecular complexity index is 481. The first-order valence-corrected chi connectivity index (χ1v) is 13.9. The Hall–Kier alpha value is -0.870. The number of hydrogen-bond donors (Lipinski definition) is 3. The number of hydrogen-bond acceptors (Lipinski definition) is 3. The molecule has 0 aromatic heterocycles. The van der Waals surface area contributed by atoms with Crippen molar-refractivity contribution in [1.29, 1.82) is 0 Å². The van der Waals surface area contributed by atoms with E-state index in [4.69, 9.17) is 0 Å². The molecule has 1 rings (SSSR count). The summed E-state index contributed by atoms with van der Waals surface area (Å²) >= 11 is 0. The van der Waals surface area contributed by atoms with Crippen molar-refractivity contribution in [2.24, 2.45) is 5.92 Å². The summed E-state index contributed by atoms with van der Waals surface area (Å²) < 4.78 is 0. The van der Waals surface area contributed by atoms with Crippen LogP contribution in [0.1, 0.15) is 122 Å². The summed E-state index contributed by atoms with van der Waals surface area (Å²) in [6.07, 6.45) is 26.0. The van der Waals surface area contributed by atoms with Crippen LogP contribution in [0.25, 0.3) is 0 Å². The molecule has 32 heavy (non-hydrogen) atoms. The lowest BCUT2D eigenvalue weighted by Gasteiger charge is -2.20. The quantitative estimate of drug-likeness (QED) is 0.123. The molecule has 0 aromatic carbocycles. The van der Waals surface area contributed by atoms with Gasteiger partial charge in [-0.3, -0.25) is 4.79 Å². The largest absolute Gasteiger partial charge is 0.358 e. The molecular weight excluding hydrogens is 394 g/mol. The number of carbonyl (C=O) groups excluding carboxylic acids is 1. The SMILES string of the molecule is C=CCC1CC1(CCCCCCCCCCCCCC)NCCCCC(NC)C(=O)NC. The van der Waals surface area contributed by atoms with Crippen LogP contribution in [-0.2, 0) is 4.79 Å². The maximum absolute atomic E-state index is 11.8. The van der Waals surface area contributed by atoms with Crippen LogP contribution in [-0.4, -0.2) is 38.1 Å². The lowest BCUT2D eigenvalue weighted by Crippen LogP contribution is -2.41. The first-order valence-electron chi connectivity index (χ1n) is 13.9. The van der Waals surface area contributed by atoms with E-state index in [1.807, 2.05) is 7.05 Å². The van der Waals surface area contributed by atoms with Crippen molar-refractivity contribution in [3.63, 3.8) is 0 Å². The Kier molecular flexibility index (Phi) is 16.9. The van der Waals surface area contributed by atoms with Gasteiger partial charge in [0.1, 0.15) is 0 Å². The molecule has 0 saturated heterocycles. The van der Waals surface area contributed by atoms with Gasteiger partial charge in [-0.1, -0.05) is 96.5 Å². The van der Waals surface area contributed by atoms with Crippen molar-refractivity contribution < 1.29 is 4.79 Å². The topological polar surface area (TPSA) is 53.2 Å². The first kappa shape index (κ1) is 29.2. The van der Waals surface area contributed by atoms with Gasteiger partial charge < -0.3 is 16.0 Å². The van der Waals surface area contributed by atoms with Crippen molar-refractivity contribution >= 4 is 5.91 Å². The third kappa shape index (κ3) is 12.4. The summed E-state index contributed by atoms with van der Waals surface area (Å²) in [4.78, 5) is 11.8. The molecule has 1 aliphatic carbocycles. The van der Waals surface area contributed by atoms with E-state index in [0.29, 0.717) is 5.54 Å². The summed E-state index contributed by atoms with van der Waals surface area (Å²) in [6, 6.07) is -0.0653. The second kappa shape index (κ2) is 18.5. The van der Waals surface area contributed by atoms with E-state index in [0.717, 1.165) is 38.1 Å². The molecule has 3 N–H and O–H groups in total. The fourth-order valence-corrected chi connectivity index (χ4v) is 5.17. The highest BCUT2D eigenvalue weighted by molar-refractivity contribution is 5.81. The number of amides is 1. The molecule has 1 amide bonds. The minimum Gasteiger partial charge on any atom is -0.358 e. The average molecular weight is 450 g/mol. The van der Waals surface area contributed by atoms with Gasteiger partial charge in [-0.25, -0.2) is 0 Å². The summed E-state index contributed by atoms with van der Waals surface area (Å²) in [5.41, 5.74) is 0.371. The minimum absolute atomic E-state index is 0.0653. The van der Waals surface area contributed by atoms with Gasteiger partial charge in [0.25, 0.3) is 0 Å². The number of unbranched alkanes of at least 4 members (excludes halogenated alkanes) is 12. The molecule has 3 unspecified atom stereocenters. The molecule has 0 radical (unpaired) electrons. The highest BCUT2D eigenvalue weighted by Gasteiger charge is 2.51. The summed E-state index contributed by atoms with van der Waals surface area (Å²) in [7, 11) is 3.58. The van der Waals surface area contributed by atoms with Crippen LogP contribution in [0.5, 0.6) is 0 Å². The van der Waals surface area contributed by atoms with Gasteiger partial charge >= 0.3 is 0 Å². The van der Waals surface area contributed by atoms with Crippen molar-refractivity contribution in [2.45, 2.75) is 134 Å². The Morgan fingerprint density at radius 2 is 1.53 bits per heavy atom. The van der Waals surface area contributed by atoms with Crippen molar-refractivity contribution in [2.75, 3.05) is 20.6 Å². The van der Waals surface area contributed by atoms with E-state index in [1.54, 1.807) is 7.05 Å². The van der Waals surface area contributed by atoms with Gasteiger partial charge in [0.05, 0.1) is 6.04 Å². The lowest BCUT2D eigenvalue weighted by atomic mass is 10.00. The van der Waals surface area contributed by atoms with Gasteiger partial charge in [0.2, 0.25) is 5.91 Å². The molecule has 0 aliphatic heterocycles.